The van der Waals surface area contributed by atoms with Gasteiger partial charge in [-0.3, -0.25) is 9.78 Å². The van der Waals surface area contributed by atoms with Gasteiger partial charge in [-0.1, -0.05) is 53.2 Å². The maximum Gasteiger partial charge on any atom is 0.234 e. The average molecular weight is 391 g/mol. The van der Waals surface area contributed by atoms with Gasteiger partial charge in [0.1, 0.15) is 10.7 Å². The highest BCUT2D eigenvalue weighted by atomic mass is 35.5. The first kappa shape index (κ1) is 17.7. The Bertz CT molecular complexity index is 907. The third-order valence-electron chi connectivity index (χ3n) is 3.17. The van der Waals surface area contributed by atoms with E-state index in [-0.39, 0.29) is 16.8 Å². The number of halogens is 2. The third kappa shape index (κ3) is 4.48. The molecule has 0 saturated carbocycles. The van der Waals surface area contributed by atoms with Crippen LogP contribution in [0, 0.1) is 0 Å². The zero-order valence-corrected chi connectivity index (χ0v) is 15.1. The quantitative estimate of drug-likeness (QED) is 0.510. The second-order valence-corrected chi connectivity index (χ2v) is 6.60. The monoisotopic (exact) mass is 390 g/mol. The maximum atomic E-state index is 12.2. The van der Waals surface area contributed by atoms with Crippen molar-refractivity contribution in [3.05, 3.63) is 65.2 Å². The average Bonchev–Trinajstić information content (AvgIpc) is 2.63. The molecule has 0 radical (unpaired) electrons. The number of rotatable bonds is 5. The molecule has 0 spiro atoms. The number of benzene rings is 1. The summed E-state index contributed by atoms with van der Waals surface area (Å²) in [6.45, 7) is 0. The number of carbonyl (C=O) groups excluding carboxylic acids is 1. The van der Waals surface area contributed by atoms with Crippen molar-refractivity contribution in [2.75, 3.05) is 11.1 Å². The SMILES string of the molecule is O=C(CSc1nccnc1-c1ccccc1Cl)Nc1cccnc1Cl. The maximum absolute atomic E-state index is 12.2. The lowest BCUT2D eigenvalue weighted by Crippen LogP contribution is -2.14. The number of carbonyl (C=O) groups is 1. The number of pyridine rings is 1. The van der Waals surface area contributed by atoms with Crippen molar-refractivity contribution in [1.29, 1.82) is 0 Å². The molecule has 0 bridgehead atoms. The van der Waals surface area contributed by atoms with Crippen molar-refractivity contribution in [3.63, 3.8) is 0 Å². The van der Waals surface area contributed by atoms with E-state index in [4.69, 9.17) is 23.2 Å². The van der Waals surface area contributed by atoms with E-state index in [1.165, 1.54) is 11.8 Å². The summed E-state index contributed by atoms with van der Waals surface area (Å²) in [4.78, 5) is 24.8. The van der Waals surface area contributed by atoms with Gasteiger partial charge < -0.3 is 5.32 Å². The normalized spacial score (nSPS) is 10.5. The van der Waals surface area contributed by atoms with Crippen molar-refractivity contribution < 1.29 is 4.79 Å². The molecule has 8 heteroatoms. The highest BCUT2D eigenvalue weighted by Crippen LogP contribution is 2.32. The molecule has 1 amide bonds. The van der Waals surface area contributed by atoms with Crippen molar-refractivity contribution in [1.82, 2.24) is 15.0 Å². The van der Waals surface area contributed by atoms with Crippen LogP contribution in [0.1, 0.15) is 0 Å². The van der Waals surface area contributed by atoms with Crippen LogP contribution in [0.4, 0.5) is 5.69 Å². The third-order valence-corrected chi connectivity index (χ3v) is 4.78. The zero-order valence-electron chi connectivity index (χ0n) is 12.8. The Balaban J connectivity index is 1.73. The second kappa shape index (κ2) is 8.29. The molecule has 25 heavy (non-hydrogen) atoms. The first-order valence-electron chi connectivity index (χ1n) is 7.24. The largest absolute Gasteiger partial charge is 0.323 e. The number of hydrogen-bond acceptors (Lipinski definition) is 5. The summed E-state index contributed by atoms with van der Waals surface area (Å²) < 4.78 is 0. The van der Waals surface area contributed by atoms with Crippen LogP contribution in [0.2, 0.25) is 10.2 Å². The summed E-state index contributed by atoms with van der Waals surface area (Å²) in [6, 6.07) is 10.8. The molecule has 1 N–H and O–H groups in total. The van der Waals surface area contributed by atoms with Crippen molar-refractivity contribution in [3.8, 4) is 11.3 Å². The summed E-state index contributed by atoms with van der Waals surface area (Å²) in [5.74, 6) is -0.0582. The lowest BCUT2D eigenvalue weighted by Gasteiger charge is -2.09. The topological polar surface area (TPSA) is 67.8 Å². The highest BCUT2D eigenvalue weighted by Gasteiger charge is 2.14. The van der Waals surface area contributed by atoms with Crippen LogP contribution >= 0.6 is 35.0 Å². The van der Waals surface area contributed by atoms with E-state index in [9.17, 15) is 4.79 Å². The van der Waals surface area contributed by atoms with E-state index >= 15 is 0 Å². The molecule has 0 unspecified atom stereocenters. The van der Waals surface area contributed by atoms with Crippen LogP contribution in [-0.4, -0.2) is 26.6 Å². The molecule has 0 aliphatic heterocycles. The molecule has 2 aromatic heterocycles. The van der Waals surface area contributed by atoms with E-state index < -0.39 is 0 Å². The van der Waals surface area contributed by atoms with Gasteiger partial charge >= 0.3 is 0 Å². The van der Waals surface area contributed by atoms with E-state index in [1.807, 2.05) is 18.2 Å². The molecule has 1 aromatic carbocycles. The van der Waals surface area contributed by atoms with Gasteiger partial charge in [-0.2, -0.15) is 0 Å². The summed E-state index contributed by atoms with van der Waals surface area (Å²) in [5.41, 5.74) is 1.89. The predicted octanol–water partition coefficient (Wildman–Crippen LogP) is 4.58. The molecule has 126 valence electrons. The van der Waals surface area contributed by atoms with Gasteiger partial charge in [0.05, 0.1) is 16.5 Å². The molecule has 0 aliphatic rings. The number of anilines is 1. The van der Waals surface area contributed by atoms with Crippen molar-refractivity contribution >= 4 is 46.6 Å². The molecule has 0 saturated heterocycles. The van der Waals surface area contributed by atoms with Gasteiger partial charge in [-0.25, -0.2) is 9.97 Å². The summed E-state index contributed by atoms with van der Waals surface area (Å²) >= 11 is 13.5. The fourth-order valence-corrected chi connectivity index (χ4v) is 3.23. The lowest BCUT2D eigenvalue weighted by molar-refractivity contribution is -0.113. The van der Waals surface area contributed by atoms with Gasteiger partial charge in [0.15, 0.2) is 5.15 Å². The van der Waals surface area contributed by atoms with Crippen LogP contribution in [0.3, 0.4) is 0 Å². The fraction of sp³-hybridized carbons (Fsp3) is 0.0588. The van der Waals surface area contributed by atoms with Crippen molar-refractivity contribution in [2.45, 2.75) is 5.03 Å². The summed E-state index contributed by atoms with van der Waals surface area (Å²) in [7, 11) is 0. The molecule has 0 fully saturated rings. The molecule has 0 atom stereocenters. The highest BCUT2D eigenvalue weighted by molar-refractivity contribution is 8.00. The minimum Gasteiger partial charge on any atom is -0.323 e. The Hall–Kier alpha value is -2.15. The number of nitrogens with zero attached hydrogens (tertiary/aromatic N) is 3. The van der Waals surface area contributed by atoms with Gasteiger partial charge in [0.25, 0.3) is 0 Å². The van der Waals surface area contributed by atoms with Gasteiger partial charge in [-0.05, 0) is 18.2 Å². The van der Waals surface area contributed by atoms with Gasteiger partial charge in [0.2, 0.25) is 5.91 Å². The molecule has 0 aliphatic carbocycles. The standard InChI is InChI=1S/C17H12Cl2N4OS/c18-12-5-2-1-4-11(12)15-17(22-9-8-20-15)25-10-14(24)23-13-6-3-7-21-16(13)19/h1-9H,10H2,(H,23,24). The predicted molar refractivity (Wildman–Crippen MR) is 101 cm³/mol. The Morgan fingerprint density at radius 1 is 1.00 bits per heavy atom. The minimum absolute atomic E-state index is 0.154. The zero-order chi connectivity index (χ0) is 17.6. The van der Waals surface area contributed by atoms with E-state index in [0.717, 1.165) is 5.56 Å². The van der Waals surface area contributed by atoms with E-state index in [0.29, 0.717) is 21.4 Å². The number of hydrogen-bond donors (Lipinski definition) is 1. The van der Waals surface area contributed by atoms with Crippen LogP contribution in [0.15, 0.2) is 60.0 Å². The van der Waals surface area contributed by atoms with Crippen LogP contribution in [-0.2, 0) is 4.79 Å². The number of thioether (sulfide) groups is 1. The summed E-state index contributed by atoms with van der Waals surface area (Å²) in [6.07, 6.45) is 4.74. The van der Waals surface area contributed by atoms with E-state index in [1.54, 1.807) is 36.8 Å². The Morgan fingerprint density at radius 2 is 1.80 bits per heavy atom. The second-order valence-electron chi connectivity index (χ2n) is 4.87. The minimum atomic E-state index is -0.212. The van der Waals surface area contributed by atoms with E-state index in [2.05, 4.69) is 20.3 Å². The molecule has 2 heterocycles. The van der Waals surface area contributed by atoms with Crippen LogP contribution < -0.4 is 5.32 Å². The Morgan fingerprint density at radius 3 is 2.60 bits per heavy atom. The molecular weight excluding hydrogens is 379 g/mol. The lowest BCUT2D eigenvalue weighted by atomic mass is 10.2. The van der Waals surface area contributed by atoms with Crippen molar-refractivity contribution in [2.24, 2.45) is 0 Å². The number of aromatic nitrogens is 3. The smallest absolute Gasteiger partial charge is 0.234 e. The van der Waals surface area contributed by atoms with Crippen LogP contribution in [0.25, 0.3) is 11.3 Å². The first-order chi connectivity index (χ1) is 12.1. The molecule has 3 aromatic rings. The van der Waals surface area contributed by atoms with Gasteiger partial charge in [0, 0.05) is 24.2 Å². The molecular formula is C17H12Cl2N4OS. The van der Waals surface area contributed by atoms with Crippen LogP contribution in [0.5, 0.6) is 0 Å². The fourth-order valence-electron chi connectivity index (χ4n) is 2.07. The molecule has 3 rings (SSSR count). The number of amides is 1. The van der Waals surface area contributed by atoms with Gasteiger partial charge in [-0.15, -0.1) is 0 Å². The Kier molecular flexibility index (Phi) is 5.86. The molecule has 5 nitrogen and oxygen atoms in total. The summed E-state index contributed by atoms with van der Waals surface area (Å²) in [5, 5.41) is 4.18. The first-order valence-corrected chi connectivity index (χ1v) is 8.98. The number of nitrogens with one attached hydrogen (secondary N) is 1. The Labute approximate surface area is 158 Å².